The second kappa shape index (κ2) is 6.48. The normalized spacial score (nSPS) is 10.5. The molecule has 0 aliphatic carbocycles. The third kappa shape index (κ3) is 3.66. The quantitative estimate of drug-likeness (QED) is 0.770. The fourth-order valence-corrected chi connectivity index (χ4v) is 1.96. The Kier molecular flexibility index (Phi) is 4.68. The van der Waals surface area contributed by atoms with E-state index >= 15 is 0 Å². The number of Topliss-reactive ketones (excluding diaryl/α,β-unsaturated/α-hetero) is 1. The van der Waals surface area contributed by atoms with Crippen LogP contribution >= 0.6 is 0 Å². The van der Waals surface area contributed by atoms with E-state index in [0.717, 1.165) is 5.56 Å². The van der Waals surface area contributed by atoms with Gasteiger partial charge in [0, 0.05) is 6.42 Å². The van der Waals surface area contributed by atoms with E-state index in [1.54, 1.807) is 6.07 Å². The molecule has 0 saturated heterocycles. The van der Waals surface area contributed by atoms with Crippen LogP contribution in [0.2, 0.25) is 0 Å². The average Bonchev–Trinajstić information content (AvgIpc) is 2.45. The number of aryl methyl sites for hydroxylation is 2. The minimum atomic E-state index is -1.09. The van der Waals surface area contributed by atoms with Gasteiger partial charge in [-0.05, 0) is 43.2 Å². The zero-order valence-corrected chi connectivity index (χ0v) is 12.0. The summed E-state index contributed by atoms with van der Waals surface area (Å²) in [7, 11) is 0. The maximum atomic E-state index is 13.7. The Morgan fingerprint density at radius 2 is 1.86 bits per heavy atom. The van der Waals surface area contributed by atoms with Crippen LogP contribution in [0.1, 0.15) is 27.9 Å². The topological polar surface area (TPSA) is 26.3 Å². The largest absolute Gasteiger partial charge is 0.493 e. The summed E-state index contributed by atoms with van der Waals surface area (Å²) in [5.41, 5.74) is 0.997. The summed E-state index contributed by atoms with van der Waals surface area (Å²) < 4.78 is 32.5. The highest BCUT2D eigenvalue weighted by Gasteiger charge is 2.16. The van der Waals surface area contributed by atoms with E-state index in [2.05, 4.69) is 0 Å². The lowest BCUT2D eigenvalue weighted by Crippen LogP contribution is -2.10. The van der Waals surface area contributed by atoms with Gasteiger partial charge in [0.25, 0.3) is 0 Å². The highest BCUT2D eigenvalue weighted by molar-refractivity contribution is 5.96. The monoisotopic (exact) mass is 290 g/mol. The van der Waals surface area contributed by atoms with E-state index in [9.17, 15) is 13.6 Å². The predicted octanol–water partition coefficient (Wildman–Crippen LogP) is 4.23. The molecule has 0 atom stereocenters. The second-order valence-electron chi connectivity index (χ2n) is 4.90. The highest BCUT2D eigenvalue weighted by atomic mass is 19.2. The minimum Gasteiger partial charge on any atom is -0.493 e. The summed E-state index contributed by atoms with van der Waals surface area (Å²) in [5.74, 6) is -1.88. The summed E-state index contributed by atoms with van der Waals surface area (Å²) >= 11 is 0. The first kappa shape index (κ1) is 15.2. The van der Waals surface area contributed by atoms with Crippen molar-refractivity contribution in [2.75, 3.05) is 6.61 Å². The molecular formula is C17H16F2O2. The van der Waals surface area contributed by atoms with Gasteiger partial charge in [0.1, 0.15) is 5.75 Å². The average molecular weight is 290 g/mol. The van der Waals surface area contributed by atoms with Crippen LogP contribution in [0.25, 0.3) is 0 Å². The summed E-state index contributed by atoms with van der Waals surface area (Å²) in [6, 6.07) is 10.1. The molecule has 0 aliphatic heterocycles. The molecule has 4 heteroatoms. The number of carbonyl (C=O) groups excluding carboxylic acids is 1. The maximum Gasteiger partial charge on any atom is 0.169 e. The van der Waals surface area contributed by atoms with Gasteiger partial charge in [0.2, 0.25) is 0 Å². The van der Waals surface area contributed by atoms with Crippen LogP contribution in [0.4, 0.5) is 8.78 Å². The first-order chi connectivity index (χ1) is 9.99. The lowest BCUT2D eigenvalue weighted by atomic mass is 10.1. The molecule has 2 aromatic rings. The van der Waals surface area contributed by atoms with Gasteiger partial charge >= 0.3 is 0 Å². The van der Waals surface area contributed by atoms with E-state index in [1.807, 2.05) is 25.1 Å². The van der Waals surface area contributed by atoms with Gasteiger partial charge in [0.15, 0.2) is 17.4 Å². The SMILES string of the molecule is Cc1cccc(OCCC(=O)c2ccc(C)c(F)c2F)c1. The van der Waals surface area contributed by atoms with Crippen molar-refractivity contribution in [1.82, 2.24) is 0 Å². The molecule has 0 N–H and O–H groups in total. The van der Waals surface area contributed by atoms with Crippen LogP contribution in [0.3, 0.4) is 0 Å². The Balaban J connectivity index is 1.98. The number of carbonyl (C=O) groups is 1. The number of hydrogen-bond donors (Lipinski definition) is 0. The van der Waals surface area contributed by atoms with Crippen molar-refractivity contribution in [2.24, 2.45) is 0 Å². The van der Waals surface area contributed by atoms with Crippen LogP contribution in [-0.2, 0) is 0 Å². The minimum absolute atomic E-state index is 0.00658. The molecular weight excluding hydrogens is 274 g/mol. The number of ether oxygens (including phenoxy) is 1. The van der Waals surface area contributed by atoms with E-state index in [0.29, 0.717) is 5.75 Å². The van der Waals surface area contributed by atoms with Gasteiger partial charge in [0.05, 0.1) is 12.2 Å². The summed E-state index contributed by atoms with van der Waals surface area (Å²) in [6.45, 7) is 3.51. The van der Waals surface area contributed by atoms with Gasteiger partial charge in [-0.25, -0.2) is 8.78 Å². The molecule has 2 aromatic carbocycles. The molecule has 2 nitrogen and oxygen atoms in total. The van der Waals surface area contributed by atoms with Gasteiger partial charge in [-0.15, -0.1) is 0 Å². The van der Waals surface area contributed by atoms with Gasteiger partial charge in [-0.1, -0.05) is 18.2 Å². The van der Waals surface area contributed by atoms with Crippen molar-refractivity contribution >= 4 is 5.78 Å². The zero-order valence-electron chi connectivity index (χ0n) is 12.0. The number of rotatable bonds is 5. The molecule has 0 aromatic heterocycles. The Morgan fingerprint density at radius 1 is 1.10 bits per heavy atom. The molecule has 0 unspecified atom stereocenters. The van der Waals surface area contributed by atoms with Crippen molar-refractivity contribution < 1.29 is 18.3 Å². The van der Waals surface area contributed by atoms with Crippen molar-refractivity contribution in [3.8, 4) is 5.75 Å². The third-order valence-electron chi connectivity index (χ3n) is 3.16. The lowest BCUT2D eigenvalue weighted by Gasteiger charge is -2.08. The molecule has 0 spiro atoms. The summed E-state index contributed by atoms with van der Waals surface area (Å²) in [6.07, 6.45) is -0.00658. The number of hydrogen-bond acceptors (Lipinski definition) is 2. The van der Waals surface area contributed by atoms with Gasteiger partial charge in [-0.2, -0.15) is 0 Å². The summed E-state index contributed by atoms with van der Waals surface area (Å²) in [5, 5.41) is 0. The number of benzene rings is 2. The highest BCUT2D eigenvalue weighted by Crippen LogP contribution is 2.18. The third-order valence-corrected chi connectivity index (χ3v) is 3.16. The van der Waals surface area contributed by atoms with Gasteiger partial charge in [-0.3, -0.25) is 4.79 Å². The van der Waals surface area contributed by atoms with Crippen LogP contribution in [0.15, 0.2) is 36.4 Å². The predicted molar refractivity (Wildman–Crippen MR) is 76.7 cm³/mol. The molecule has 110 valence electrons. The van der Waals surface area contributed by atoms with E-state index in [4.69, 9.17) is 4.74 Å². The molecule has 0 bridgehead atoms. The Bertz CT molecular complexity index is 666. The first-order valence-electron chi connectivity index (χ1n) is 6.66. The molecule has 0 fully saturated rings. The van der Waals surface area contributed by atoms with Crippen LogP contribution in [0, 0.1) is 25.5 Å². The van der Waals surface area contributed by atoms with Crippen molar-refractivity contribution in [1.29, 1.82) is 0 Å². The van der Waals surface area contributed by atoms with Crippen LogP contribution < -0.4 is 4.74 Å². The molecule has 0 aliphatic rings. The standard InChI is InChI=1S/C17H16F2O2/c1-11-4-3-5-13(10-11)21-9-8-15(20)14-7-6-12(2)16(18)17(14)19/h3-7,10H,8-9H2,1-2H3. The van der Waals surface area contributed by atoms with Crippen molar-refractivity contribution in [2.45, 2.75) is 20.3 Å². The maximum absolute atomic E-state index is 13.7. The number of ketones is 1. The molecule has 21 heavy (non-hydrogen) atoms. The molecule has 0 radical (unpaired) electrons. The first-order valence-corrected chi connectivity index (χ1v) is 6.66. The van der Waals surface area contributed by atoms with Crippen LogP contribution in [0.5, 0.6) is 5.75 Å². The Morgan fingerprint density at radius 3 is 2.57 bits per heavy atom. The Hall–Kier alpha value is -2.23. The van der Waals surface area contributed by atoms with E-state index in [-0.39, 0.29) is 24.2 Å². The number of halogens is 2. The van der Waals surface area contributed by atoms with E-state index in [1.165, 1.54) is 19.1 Å². The van der Waals surface area contributed by atoms with Crippen molar-refractivity contribution in [3.63, 3.8) is 0 Å². The lowest BCUT2D eigenvalue weighted by molar-refractivity contribution is 0.0957. The molecule has 0 heterocycles. The van der Waals surface area contributed by atoms with Crippen molar-refractivity contribution in [3.05, 3.63) is 64.7 Å². The Labute approximate surface area is 122 Å². The van der Waals surface area contributed by atoms with Gasteiger partial charge < -0.3 is 4.74 Å². The van der Waals surface area contributed by atoms with E-state index < -0.39 is 17.4 Å². The molecule has 0 amide bonds. The second-order valence-corrected chi connectivity index (χ2v) is 4.90. The molecule has 0 saturated carbocycles. The smallest absolute Gasteiger partial charge is 0.169 e. The summed E-state index contributed by atoms with van der Waals surface area (Å²) in [4.78, 5) is 11.9. The molecule has 2 rings (SSSR count). The fourth-order valence-electron chi connectivity index (χ4n) is 1.96. The fraction of sp³-hybridized carbons (Fsp3) is 0.235. The zero-order chi connectivity index (χ0) is 15.4. The van der Waals surface area contributed by atoms with Crippen LogP contribution in [-0.4, -0.2) is 12.4 Å².